The SMILES string of the molecule is CCCc1nc2c(nnn2C2CCN(C(=O)c3ccc(F)cc3)CC2)c(=O)[nH]1. The Bertz CT molecular complexity index is 1050. The molecule has 3 aromatic rings. The van der Waals surface area contributed by atoms with Gasteiger partial charge in [0.15, 0.2) is 11.2 Å². The van der Waals surface area contributed by atoms with Crippen molar-refractivity contribution in [3.63, 3.8) is 0 Å². The number of aromatic amines is 1. The Hall–Kier alpha value is -3.10. The third-order valence-electron chi connectivity index (χ3n) is 5.06. The maximum absolute atomic E-state index is 13.1. The molecule has 1 saturated heterocycles. The van der Waals surface area contributed by atoms with Gasteiger partial charge in [-0.15, -0.1) is 5.10 Å². The molecule has 0 saturated carbocycles. The van der Waals surface area contributed by atoms with Gasteiger partial charge in [-0.2, -0.15) is 0 Å². The van der Waals surface area contributed by atoms with Crippen LogP contribution in [-0.4, -0.2) is 48.9 Å². The Morgan fingerprint density at radius 3 is 2.64 bits per heavy atom. The van der Waals surface area contributed by atoms with E-state index in [2.05, 4.69) is 20.3 Å². The number of aryl methyl sites for hydroxylation is 1. The number of aromatic nitrogens is 5. The molecule has 146 valence electrons. The maximum Gasteiger partial charge on any atom is 0.281 e. The number of hydrogen-bond donors (Lipinski definition) is 1. The van der Waals surface area contributed by atoms with Gasteiger partial charge in [0.05, 0.1) is 6.04 Å². The topological polar surface area (TPSA) is 96.8 Å². The quantitative estimate of drug-likeness (QED) is 0.743. The van der Waals surface area contributed by atoms with Crippen LogP contribution in [0.3, 0.4) is 0 Å². The zero-order valence-corrected chi connectivity index (χ0v) is 15.6. The summed E-state index contributed by atoms with van der Waals surface area (Å²) in [5.41, 5.74) is 0.937. The summed E-state index contributed by atoms with van der Waals surface area (Å²) in [6.45, 7) is 3.12. The second-order valence-corrected chi connectivity index (χ2v) is 7.00. The Balaban J connectivity index is 1.51. The molecule has 1 aromatic carbocycles. The monoisotopic (exact) mass is 384 g/mol. The average Bonchev–Trinajstić information content (AvgIpc) is 3.13. The molecule has 0 spiro atoms. The first kappa shape index (κ1) is 18.3. The van der Waals surface area contributed by atoms with E-state index in [0.29, 0.717) is 49.4 Å². The van der Waals surface area contributed by atoms with Crippen molar-refractivity contribution in [2.45, 2.75) is 38.6 Å². The van der Waals surface area contributed by atoms with Crippen LogP contribution >= 0.6 is 0 Å². The summed E-state index contributed by atoms with van der Waals surface area (Å²) in [7, 11) is 0. The fourth-order valence-electron chi connectivity index (χ4n) is 3.58. The number of halogens is 1. The van der Waals surface area contributed by atoms with E-state index in [0.717, 1.165) is 6.42 Å². The maximum atomic E-state index is 13.1. The van der Waals surface area contributed by atoms with E-state index >= 15 is 0 Å². The van der Waals surface area contributed by atoms with E-state index in [9.17, 15) is 14.0 Å². The number of likely N-dealkylation sites (tertiary alicyclic amines) is 1. The zero-order chi connectivity index (χ0) is 19.7. The van der Waals surface area contributed by atoms with Gasteiger partial charge in [0, 0.05) is 25.1 Å². The lowest BCUT2D eigenvalue weighted by Gasteiger charge is -2.32. The van der Waals surface area contributed by atoms with Gasteiger partial charge in [-0.05, 0) is 43.5 Å². The lowest BCUT2D eigenvalue weighted by atomic mass is 10.0. The summed E-state index contributed by atoms with van der Waals surface area (Å²) >= 11 is 0. The van der Waals surface area contributed by atoms with Crippen LogP contribution in [0.25, 0.3) is 11.2 Å². The third-order valence-corrected chi connectivity index (χ3v) is 5.06. The zero-order valence-electron chi connectivity index (χ0n) is 15.6. The number of rotatable bonds is 4. The molecule has 0 radical (unpaired) electrons. The summed E-state index contributed by atoms with van der Waals surface area (Å²) in [4.78, 5) is 33.8. The van der Waals surface area contributed by atoms with Gasteiger partial charge in [-0.25, -0.2) is 14.1 Å². The number of nitrogens with zero attached hydrogens (tertiary/aromatic N) is 5. The number of H-pyrrole nitrogens is 1. The molecule has 0 bridgehead atoms. The van der Waals surface area contributed by atoms with Crippen LogP contribution in [0.15, 0.2) is 29.1 Å². The molecule has 0 atom stereocenters. The summed E-state index contributed by atoms with van der Waals surface area (Å²) in [6, 6.07) is 5.60. The number of nitrogens with one attached hydrogen (secondary N) is 1. The van der Waals surface area contributed by atoms with Crippen molar-refractivity contribution in [2.75, 3.05) is 13.1 Å². The summed E-state index contributed by atoms with van der Waals surface area (Å²) in [5.74, 6) is 0.160. The minimum atomic E-state index is -0.363. The van der Waals surface area contributed by atoms with E-state index in [1.165, 1.54) is 24.3 Å². The van der Waals surface area contributed by atoms with Gasteiger partial charge in [-0.3, -0.25) is 9.59 Å². The van der Waals surface area contributed by atoms with Gasteiger partial charge >= 0.3 is 0 Å². The number of carbonyl (C=O) groups is 1. The second-order valence-electron chi connectivity index (χ2n) is 7.00. The number of benzene rings is 1. The van der Waals surface area contributed by atoms with E-state index in [1.807, 2.05) is 6.92 Å². The predicted octanol–water partition coefficient (Wildman–Crippen LogP) is 2.08. The van der Waals surface area contributed by atoms with E-state index in [1.54, 1.807) is 9.58 Å². The van der Waals surface area contributed by atoms with E-state index < -0.39 is 0 Å². The van der Waals surface area contributed by atoms with Gasteiger partial charge in [0.2, 0.25) is 0 Å². The first-order valence-corrected chi connectivity index (χ1v) is 9.45. The summed E-state index contributed by atoms with van der Waals surface area (Å²) in [6.07, 6.45) is 2.92. The summed E-state index contributed by atoms with van der Waals surface area (Å²) in [5, 5.41) is 8.15. The highest BCUT2D eigenvalue weighted by atomic mass is 19.1. The Kier molecular flexibility index (Phi) is 4.89. The van der Waals surface area contributed by atoms with Gasteiger partial charge in [0.25, 0.3) is 11.5 Å². The van der Waals surface area contributed by atoms with E-state index in [4.69, 9.17) is 0 Å². The molecular formula is C19H21FN6O2. The minimum absolute atomic E-state index is 0.0195. The van der Waals surface area contributed by atoms with Gasteiger partial charge < -0.3 is 9.88 Å². The highest BCUT2D eigenvalue weighted by Crippen LogP contribution is 2.25. The molecule has 1 amide bonds. The van der Waals surface area contributed by atoms with Crippen LogP contribution in [-0.2, 0) is 6.42 Å². The van der Waals surface area contributed by atoms with Crippen LogP contribution in [0.4, 0.5) is 4.39 Å². The van der Waals surface area contributed by atoms with Crippen LogP contribution in [0, 0.1) is 5.82 Å². The van der Waals surface area contributed by atoms with Crippen LogP contribution in [0.2, 0.25) is 0 Å². The first-order chi connectivity index (χ1) is 13.6. The fraction of sp³-hybridized carbons (Fsp3) is 0.421. The molecule has 8 nitrogen and oxygen atoms in total. The predicted molar refractivity (Wildman–Crippen MR) is 101 cm³/mol. The van der Waals surface area contributed by atoms with Crippen molar-refractivity contribution in [2.24, 2.45) is 0 Å². The Labute approximate surface area is 160 Å². The number of hydrogen-bond acceptors (Lipinski definition) is 5. The number of fused-ring (bicyclic) bond motifs is 1. The second kappa shape index (κ2) is 7.49. The first-order valence-electron chi connectivity index (χ1n) is 9.45. The van der Waals surface area contributed by atoms with E-state index in [-0.39, 0.29) is 28.8 Å². The number of carbonyl (C=O) groups excluding carboxylic acids is 1. The Morgan fingerprint density at radius 1 is 1.25 bits per heavy atom. The van der Waals surface area contributed by atoms with Crippen molar-refractivity contribution >= 4 is 17.1 Å². The standard InChI is InChI=1S/C19H21FN6O2/c1-2-3-15-21-17-16(18(27)22-15)23-24-26(17)14-8-10-25(11-9-14)19(28)12-4-6-13(20)7-5-12/h4-7,14H,2-3,8-11H2,1H3,(H,21,22,27). The molecular weight excluding hydrogens is 363 g/mol. The molecule has 3 heterocycles. The molecule has 0 aliphatic carbocycles. The largest absolute Gasteiger partial charge is 0.338 e. The normalized spacial score (nSPS) is 15.3. The average molecular weight is 384 g/mol. The lowest BCUT2D eigenvalue weighted by Crippen LogP contribution is -2.39. The molecule has 1 aliphatic rings. The van der Waals surface area contributed by atoms with Crippen LogP contribution < -0.4 is 5.56 Å². The smallest absolute Gasteiger partial charge is 0.281 e. The highest BCUT2D eigenvalue weighted by Gasteiger charge is 2.27. The molecule has 9 heteroatoms. The summed E-state index contributed by atoms with van der Waals surface area (Å²) < 4.78 is 14.8. The van der Waals surface area contributed by atoms with Crippen molar-refractivity contribution in [1.29, 1.82) is 0 Å². The molecule has 0 unspecified atom stereocenters. The molecule has 28 heavy (non-hydrogen) atoms. The Morgan fingerprint density at radius 2 is 1.96 bits per heavy atom. The van der Waals surface area contributed by atoms with Crippen LogP contribution in [0.1, 0.15) is 48.4 Å². The van der Waals surface area contributed by atoms with Crippen molar-refractivity contribution < 1.29 is 9.18 Å². The molecule has 2 aromatic heterocycles. The molecule has 1 aliphatic heterocycles. The van der Waals surface area contributed by atoms with Gasteiger partial charge in [-0.1, -0.05) is 12.1 Å². The third kappa shape index (κ3) is 3.39. The number of amides is 1. The minimum Gasteiger partial charge on any atom is -0.338 e. The molecule has 4 rings (SSSR count). The van der Waals surface area contributed by atoms with Gasteiger partial charge in [0.1, 0.15) is 11.6 Å². The van der Waals surface area contributed by atoms with Crippen LogP contribution in [0.5, 0.6) is 0 Å². The highest BCUT2D eigenvalue weighted by molar-refractivity contribution is 5.94. The number of piperidine rings is 1. The van der Waals surface area contributed by atoms with Crippen molar-refractivity contribution in [1.82, 2.24) is 29.9 Å². The molecule has 1 N–H and O–H groups in total. The van der Waals surface area contributed by atoms with Crippen molar-refractivity contribution in [3.8, 4) is 0 Å². The molecule has 1 fully saturated rings. The lowest BCUT2D eigenvalue weighted by molar-refractivity contribution is 0.0691. The fourth-order valence-corrected chi connectivity index (χ4v) is 3.58. The van der Waals surface area contributed by atoms with Crippen molar-refractivity contribution in [3.05, 3.63) is 51.8 Å².